The predicted molar refractivity (Wildman–Crippen MR) is 125 cm³/mol. The number of anilines is 1. The third-order valence-electron chi connectivity index (χ3n) is 4.90. The van der Waals surface area contributed by atoms with Crippen LogP contribution in [0.5, 0.6) is 5.75 Å². The number of hydrogen-bond acceptors (Lipinski definition) is 5. The summed E-state index contributed by atoms with van der Waals surface area (Å²) in [5.74, 6) is 0.0626. The molecular formula is C25H27NO4S. The van der Waals surface area contributed by atoms with E-state index in [9.17, 15) is 9.59 Å². The molecule has 0 aliphatic carbocycles. The molecule has 0 spiro atoms. The van der Waals surface area contributed by atoms with Crippen molar-refractivity contribution in [3.63, 3.8) is 0 Å². The second kappa shape index (κ2) is 10.3. The largest absolute Gasteiger partial charge is 0.494 e. The number of thiophene rings is 1. The average molecular weight is 438 g/mol. The van der Waals surface area contributed by atoms with Crippen LogP contribution in [0.2, 0.25) is 0 Å². The minimum Gasteiger partial charge on any atom is -0.494 e. The summed E-state index contributed by atoms with van der Waals surface area (Å²) >= 11 is 1.31. The van der Waals surface area contributed by atoms with E-state index < -0.39 is 5.97 Å². The Morgan fingerprint density at radius 3 is 2.39 bits per heavy atom. The van der Waals surface area contributed by atoms with Crippen molar-refractivity contribution in [2.75, 3.05) is 18.5 Å². The maximum absolute atomic E-state index is 12.8. The van der Waals surface area contributed by atoms with Crippen LogP contribution in [0.3, 0.4) is 0 Å². The summed E-state index contributed by atoms with van der Waals surface area (Å²) < 4.78 is 10.9. The van der Waals surface area contributed by atoms with Gasteiger partial charge < -0.3 is 14.8 Å². The molecule has 1 heterocycles. The maximum Gasteiger partial charge on any atom is 0.341 e. The molecule has 1 aromatic heterocycles. The van der Waals surface area contributed by atoms with E-state index in [1.165, 1.54) is 11.3 Å². The standard InChI is InChI=1S/C25H27NO4S/c1-5-13-30-20-11-9-18(10-12-20)21-15-31-24(22(21)25(28)29-6-2)26-23(27)19-8-7-16(3)17(4)14-19/h7-12,14-15H,5-6,13H2,1-4H3,(H,26,27). The molecule has 0 unspecified atom stereocenters. The Morgan fingerprint density at radius 1 is 1.00 bits per heavy atom. The fourth-order valence-electron chi connectivity index (χ4n) is 3.08. The zero-order valence-electron chi connectivity index (χ0n) is 18.3. The van der Waals surface area contributed by atoms with Gasteiger partial charge in [-0.2, -0.15) is 0 Å². The van der Waals surface area contributed by atoms with Gasteiger partial charge in [0, 0.05) is 16.5 Å². The first-order valence-electron chi connectivity index (χ1n) is 10.3. The summed E-state index contributed by atoms with van der Waals surface area (Å²) in [5.41, 5.74) is 4.65. The number of nitrogens with one attached hydrogen (secondary N) is 1. The maximum atomic E-state index is 12.8. The van der Waals surface area contributed by atoms with Crippen LogP contribution in [0.1, 0.15) is 52.1 Å². The van der Waals surface area contributed by atoms with Gasteiger partial charge in [-0.3, -0.25) is 4.79 Å². The SMILES string of the molecule is CCCOc1ccc(-c2csc(NC(=O)c3ccc(C)c(C)c3)c2C(=O)OCC)cc1. The van der Waals surface area contributed by atoms with Gasteiger partial charge in [0.15, 0.2) is 0 Å². The zero-order valence-corrected chi connectivity index (χ0v) is 19.1. The third-order valence-corrected chi connectivity index (χ3v) is 5.80. The van der Waals surface area contributed by atoms with Gasteiger partial charge in [0.25, 0.3) is 5.91 Å². The zero-order chi connectivity index (χ0) is 22.4. The summed E-state index contributed by atoms with van der Waals surface area (Å²) in [5, 5.41) is 5.24. The van der Waals surface area contributed by atoms with Gasteiger partial charge in [-0.1, -0.05) is 25.1 Å². The van der Waals surface area contributed by atoms with Crippen molar-refractivity contribution in [1.82, 2.24) is 0 Å². The molecule has 0 aliphatic rings. The molecule has 3 aromatic rings. The fraction of sp³-hybridized carbons (Fsp3) is 0.280. The second-order valence-electron chi connectivity index (χ2n) is 7.20. The first kappa shape index (κ1) is 22.6. The van der Waals surface area contributed by atoms with Crippen LogP contribution >= 0.6 is 11.3 Å². The monoisotopic (exact) mass is 437 g/mol. The van der Waals surface area contributed by atoms with Gasteiger partial charge in [-0.25, -0.2) is 4.79 Å². The molecule has 31 heavy (non-hydrogen) atoms. The number of carbonyl (C=O) groups excluding carboxylic acids is 2. The van der Waals surface area contributed by atoms with Crippen molar-refractivity contribution in [3.8, 4) is 16.9 Å². The molecule has 0 atom stereocenters. The van der Waals surface area contributed by atoms with Crippen molar-refractivity contribution in [2.24, 2.45) is 0 Å². The Balaban J connectivity index is 1.92. The highest BCUT2D eigenvalue weighted by atomic mass is 32.1. The molecule has 6 heteroatoms. The van der Waals surface area contributed by atoms with Crippen molar-refractivity contribution < 1.29 is 19.1 Å². The number of rotatable bonds is 8. The van der Waals surface area contributed by atoms with Gasteiger partial charge in [0.2, 0.25) is 0 Å². The molecule has 2 aromatic carbocycles. The highest BCUT2D eigenvalue weighted by molar-refractivity contribution is 7.15. The first-order chi connectivity index (χ1) is 14.9. The smallest absolute Gasteiger partial charge is 0.341 e. The van der Waals surface area contributed by atoms with Crippen molar-refractivity contribution >= 4 is 28.2 Å². The molecule has 0 fully saturated rings. The Kier molecular flexibility index (Phi) is 7.47. The van der Waals surface area contributed by atoms with E-state index in [1.807, 2.05) is 55.6 Å². The number of carbonyl (C=O) groups is 2. The van der Waals surface area contributed by atoms with Crippen molar-refractivity contribution in [2.45, 2.75) is 34.1 Å². The van der Waals surface area contributed by atoms with Crippen LogP contribution in [0.4, 0.5) is 5.00 Å². The highest BCUT2D eigenvalue weighted by Crippen LogP contribution is 2.37. The molecule has 0 bridgehead atoms. The summed E-state index contributed by atoms with van der Waals surface area (Å²) in [6.07, 6.45) is 0.933. The van der Waals surface area contributed by atoms with Crippen LogP contribution in [-0.2, 0) is 4.74 Å². The molecule has 1 N–H and O–H groups in total. The fourth-order valence-corrected chi connectivity index (χ4v) is 4.03. The Labute approximate surface area is 187 Å². The topological polar surface area (TPSA) is 64.6 Å². The van der Waals surface area contributed by atoms with E-state index in [0.717, 1.165) is 34.4 Å². The minimum absolute atomic E-state index is 0.252. The van der Waals surface area contributed by atoms with E-state index in [2.05, 4.69) is 12.2 Å². The number of benzene rings is 2. The molecule has 5 nitrogen and oxygen atoms in total. The lowest BCUT2D eigenvalue weighted by molar-refractivity contribution is 0.0529. The second-order valence-corrected chi connectivity index (χ2v) is 8.08. The van der Waals surface area contributed by atoms with Crippen molar-refractivity contribution in [3.05, 3.63) is 70.1 Å². The van der Waals surface area contributed by atoms with Gasteiger partial charge in [-0.05, 0) is 68.1 Å². The van der Waals surface area contributed by atoms with E-state index in [-0.39, 0.29) is 12.5 Å². The van der Waals surface area contributed by atoms with Gasteiger partial charge >= 0.3 is 5.97 Å². The number of amides is 1. The molecule has 0 saturated heterocycles. The summed E-state index contributed by atoms with van der Waals surface area (Å²) in [4.78, 5) is 25.6. The summed E-state index contributed by atoms with van der Waals surface area (Å²) in [7, 11) is 0. The Bertz CT molecular complexity index is 1070. The van der Waals surface area contributed by atoms with E-state index in [4.69, 9.17) is 9.47 Å². The summed E-state index contributed by atoms with van der Waals surface area (Å²) in [6, 6.07) is 13.1. The van der Waals surface area contributed by atoms with E-state index >= 15 is 0 Å². The van der Waals surface area contributed by atoms with Crippen LogP contribution in [0, 0.1) is 13.8 Å². The van der Waals surface area contributed by atoms with Crippen LogP contribution in [0.15, 0.2) is 47.8 Å². The highest BCUT2D eigenvalue weighted by Gasteiger charge is 2.23. The van der Waals surface area contributed by atoms with Crippen LogP contribution in [0.25, 0.3) is 11.1 Å². The van der Waals surface area contributed by atoms with Crippen LogP contribution < -0.4 is 10.1 Å². The molecule has 0 radical (unpaired) electrons. The van der Waals surface area contributed by atoms with Crippen molar-refractivity contribution in [1.29, 1.82) is 0 Å². The molecule has 162 valence electrons. The average Bonchev–Trinajstić information content (AvgIpc) is 3.18. The third kappa shape index (κ3) is 5.33. The quantitative estimate of drug-likeness (QED) is 0.423. The molecule has 0 saturated carbocycles. The van der Waals surface area contributed by atoms with Gasteiger partial charge in [0.05, 0.1) is 13.2 Å². The molecular weight excluding hydrogens is 410 g/mol. The Morgan fingerprint density at radius 2 is 1.74 bits per heavy atom. The predicted octanol–water partition coefficient (Wildman–Crippen LogP) is 6.25. The number of esters is 1. The number of ether oxygens (including phenoxy) is 2. The van der Waals surface area contributed by atoms with Gasteiger partial charge in [0.1, 0.15) is 16.3 Å². The van der Waals surface area contributed by atoms with E-state index in [0.29, 0.717) is 22.7 Å². The minimum atomic E-state index is -0.458. The molecule has 1 amide bonds. The lowest BCUT2D eigenvalue weighted by Gasteiger charge is -2.10. The number of aryl methyl sites for hydroxylation is 2. The lowest BCUT2D eigenvalue weighted by atomic mass is 10.0. The normalized spacial score (nSPS) is 10.6. The van der Waals surface area contributed by atoms with Gasteiger partial charge in [-0.15, -0.1) is 11.3 Å². The molecule has 3 rings (SSSR count). The van der Waals surface area contributed by atoms with Crippen LogP contribution in [-0.4, -0.2) is 25.1 Å². The molecule has 0 aliphatic heterocycles. The van der Waals surface area contributed by atoms with E-state index in [1.54, 1.807) is 13.0 Å². The first-order valence-corrected chi connectivity index (χ1v) is 11.2. The number of hydrogen-bond donors (Lipinski definition) is 1. The lowest BCUT2D eigenvalue weighted by Crippen LogP contribution is -2.15. The summed E-state index contributed by atoms with van der Waals surface area (Å²) in [6.45, 7) is 8.69. The Hall–Kier alpha value is -3.12.